The van der Waals surface area contributed by atoms with E-state index in [1.54, 1.807) is 11.3 Å². The summed E-state index contributed by atoms with van der Waals surface area (Å²) < 4.78 is 0. The fraction of sp³-hybridized carbons (Fsp3) is 0.182. The lowest BCUT2D eigenvalue weighted by Gasteiger charge is -2.01. The molecule has 1 aromatic carbocycles. The van der Waals surface area contributed by atoms with Crippen LogP contribution in [0.3, 0.4) is 0 Å². The Labute approximate surface area is 87.6 Å². The van der Waals surface area contributed by atoms with Crippen LogP contribution >= 0.6 is 11.3 Å². The summed E-state index contributed by atoms with van der Waals surface area (Å²) >= 11 is 1.72. The first-order valence-electron chi connectivity index (χ1n) is 4.50. The average Bonchev–Trinajstić information content (AvgIpc) is 2.65. The first-order valence-corrected chi connectivity index (χ1v) is 5.32. The quantitative estimate of drug-likeness (QED) is 0.812. The molecule has 0 fully saturated rings. The van der Waals surface area contributed by atoms with Gasteiger partial charge >= 0.3 is 0 Å². The van der Waals surface area contributed by atoms with Crippen molar-refractivity contribution in [1.82, 2.24) is 4.98 Å². The van der Waals surface area contributed by atoms with Crippen molar-refractivity contribution >= 4 is 17.0 Å². The van der Waals surface area contributed by atoms with Crippen LogP contribution in [0.5, 0.6) is 0 Å². The number of benzene rings is 1. The van der Waals surface area contributed by atoms with Gasteiger partial charge in [-0.05, 0) is 24.6 Å². The SMILES string of the molecule is CNc1cccc(-c2cnc(C)s2)c1. The van der Waals surface area contributed by atoms with Crippen molar-refractivity contribution in [2.75, 3.05) is 12.4 Å². The van der Waals surface area contributed by atoms with Crippen LogP contribution in [0.2, 0.25) is 0 Å². The number of nitrogens with one attached hydrogen (secondary N) is 1. The predicted octanol–water partition coefficient (Wildman–Crippen LogP) is 3.16. The maximum atomic E-state index is 4.25. The molecule has 0 unspecified atom stereocenters. The van der Waals surface area contributed by atoms with Crippen LogP contribution in [0.1, 0.15) is 5.01 Å². The van der Waals surface area contributed by atoms with Crippen molar-refractivity contribution in [2.45, 2.75) is 6.92 Å². The number of aromatic nitrogens is 1. The van der Waals surface area contributed by atoms with Crippen LogP contribution < -0.4 is 5.32 Å². The summed E-state index contributed by atoms with van der Waals surface area (Å²) in [6, 6.07) is 8.34. The van der Waals surface area contributed by atoms with E-state index in [4.69, 9.17) is 0 Å². The topological polar surface area (TPSA) is 24.9 Å². The molecular weight excluding hydrogens is 192 g/mol. The fourth-order valence-electron chi connectivity index (χ4n) is 1.32. The lowest BCUT2D eigenvalue weighted by atomic mass is 10.2. The summed E-state index contributed by atoms with van der Waals surface area (Å²) in [4.78, 5) is 5.47. The molecule has 0 saturated carbocycles. The summed E-state index contributed by atoms with van der Waals surface area (Å²) in [5.41, 5.74) is 2.36. The van der Waals surface area contributed by atoms with E-state index in [9.17, 15) is 0 Å². The first kappa shape index (κ1) is 9.21. The van der Waals surface area contributed by atoms with Gasteiger partial charge in [0, 0.05) is 18.9 Å². The normalized spacial score (nSPS) is 10.1. The van der Waals surface area contributed by atoms with Crippen LogP contribution in [-0.4, -0.2) is 12.0 Å². The lowest BCUT2D eigenvalue weighted by Crippen LogP contribution is -1.86. The van der Waals surface area contributed by atoms with Crippen molar-refractivity contribution in [3.05, 3.63) is 35.5 Å². The maximum Gasteiger partial charge on any atom is 0.0900 e. The number of hydrogen-bond acceptors (Lipinski definition) is 3. The van der Waals surface area contributed by atoms with Crippen LogP contribution in [-0.2, 0) is 0 Å². The molecule has 0 spiro atoms. The summed E-state index contributed by atoms with van der Waals surface area (Å²) in [7, 11) is 1.93. The molecule has 1 heterocycles. The van der Waals surface area contributed by atoms with E-state index in [0.29, 0.717) is 0 Å². The van der Waals surface area contributed by atoms with Crippen LogP contribution in [0, 0.1) is 6.92 Å². The van der Waals surface area contributed by atoms with Gasteiger partial charge in [0.15, 0.2) is 0 Å². The fourth-order valence-corrected chi connectivity index (χ4v) is 2.10. The highest BCUT2D eigenvalue weighted by molar-refractivity contribution is 7.15. The highest BCUT2D eigenvalue weighted by Crippen LogP contribution is 2.27. The second-order valence-corrected chi connectivity index (χ2v) is 4.31. The number of rotatable bonds is 2. The summed E-state index contributed by atoms with van der Waals surface area (Å²) in [5.74, 6) is 0. The van der Waals surface area contributed by atoms with Gasteiger partial charge in [-0.3, -0.25) is 0 Å². The molecule has 0 amide bonds. The third-order valence-electron chi connectivity index (χ3n) is 2.06. The molecule has 0 radical (unpaired) electrons. The second kappa shape index (κ2) is 3.80. The van der Waals surface area contributed by atoms with Gasteiger partial charge in [0.1, 0.15) is 0 Å². The van der Waals surface area contributed by atoms with E-state index in [1.165, 1.54) is 10.4 Å². The highest BCUT2D eigenvalue weighted by atomic mass is 32.1. The van der Waals surface area contributed by atoms with Gasteiger partial charge in [0.05, 0.1) is 9.88 Å². The van der Waals surface area contributed by atoms with Gasteiger partial charge in [0.2, 0.25) is 0 Å². The molecule has 0 atom stereocenters. The summed E-state index contributed by atoms with van der Waals surface area (Å²) in [6.45, 7) is 2.02. The monoisotopic (exact) mass is 204 g/mol. The maximum absolute atomic E-state index is 4.25. The van der Waals surface area contributed by atoms with Crippen LogP contribution in [0.4, 0.5) is 5.69 Å². The highest BCUT2D eigenvalue weighted by Gasteiger charge is 2.01. The Morgan fingerprint density at radius 3 is 2.86 bits per heavy atom. The molecule has 14 heavy (non-hydrogen) atoms. The standard InChI is InChI=1S/C11H12N2S/c1-8-13-7-11(14-8)9-4-3-5-10(6-9)12-2/h3-7,12H,1-2H3. The molecule has 1 aromatic heterocycles. The van der Waals surface area contributed by atoms with E-state index < -0.39 is 0 Å². The van der Waals surface area contributed by atoms with Gasteiger partial charge in [-0.2, -0.15) is 0 Å². The Morgan fingerprint density at radius 1 is 1.36 bits per heavy atom. The minimum atomic E-state index is 1.11. The molecule has 2 rings (SSSR count). The van der Waals surface area contributed by atoms with Crippen molar-refractivity contribution in [1.29, 1.82) is 0 Å². The van der Waals surface area contributed by atoms with E-state index in [0.717, 1.165) is 10.7 Å². The van der Waals surface area contributed by atoms with Gasteiger partial charge < -0.3 is 5.32 Å². The number of thiazole rings is 1. The summed E-state index contributed by atoms with van der Waals surface area (Å²) in [6.07, 6.45) is 1.93. The zero-order chi connectivity index (χ0) is 9.97. The molecule has 72 valence electrons. The van der Waals surface area contributed by atoms with Gasteiger partial charge in [-0.15, -0.1) is 11.3 Å². The number of nitrogens with zero attached hydrogens (tertiary/aromatic N) is 1. The van der Waals surface area contributed by atoms with Crippen LogP contribution in [0.15, 0.2) is 30.5 Å². The zero-order valence-corrected chi connectivity index (χ0v) is 9.06. The van der Waals surface area contributed by atoms with E-state index >= 15 is 0 Å². The predicted molar refractivity (Wildman–Crippen MR) is 61.8 cm³/mol. The molecular formula is C11H12N2S. The van der Waals surface area contributed by atoms with E-state index in [2.05, 4.69) is 34.6 Å². The largest absolute Gasteiger partial charge is 0.388 e. The zero-order valence-electron chi connectivity index (χ0n) is 8.24. The molecule has 1 N–H and O–H groups in total. The number of aryl methyl sites for hydroxylation is 1. The molecule has 0 aliphatic carbocycles. The van der Waals surface area contributed by atoms with Crippen molar-refractivity contribution in [3.8, 4) is 10.4 Å². The molecule has 2 nitrogen and oxygen atoms in total. The van der Waals surface area contributed by atoms with Crippen molar-refractivity contribution in [2.24, 2.45) is 0 Å². The van der Waals surface area contributed by atoms with Crippen LogP contribution in [0.25, 0.3) is 10.4 Å². The van der Waals surface area contributed by atoms with Crippen molar-refractivity contribution < 1.29 is 0 Å². The Balaban J connectivity index is 2.41. The molecule has 2 aromatic rings. The molecule has 0 aliphatic heterocycles. The Hall–Kier alpha value is -1.35. The van der Waals surface area contributed by atoms with Gasteiger partial charge in [0.25, 0.3) is 0 Å². The smallest absolute Gasteiger partial charge is 0.0900 e. The molecule has 0 bridgehead atoms. The Bertz CT molecular complexity index is 434. The third kappa shape index (κ3) is 1.77. The molecule has 3 heteroatoms. The minimum absolute atomic E-state index is 1.11. The Morgan fingerprint density at radius 2 is 2.21 bits per heavy atom. The first-order chi connectivity index (χ1) is 6.79. The van der Waals surface area contributed by atoms with Crippen molar-refractivity contribution in [3.63, 3.8) is 0 Å². The Kier molecular flexibility index (Phi) is 2.50. The number of anilines is 1. The average molecular weight is 204 g/mol. The van der Waals surface area contributed by atoms with Gasteiger partial charge in [-0.25, -0.2) is 4.98 Å². The van der Waals surface area contributed by atoms with E-state index in [-0.39, 0.29) is 0 Å². The third-order valence-corrected chi connectivity index (χ3v) is 3.02. The van der Waals surface area contributed by atoms with E-state index in [1.807, 2.05) is 20.2 Å². The lowest BCUT2D eigenvalue weighted by molar-refractivity contribution is 1.30. The molecule has 0 saturated heterocycles. The number of hydrogen-bond donors (Lipinski definition) is 1. The summed E-state index contributed by atoms with van der Waals surface area (Å²) in [5, 5.41) is 4.23. The minimum Gasteiger partial charge on any atom is -0.388 e. The van der Waals surface area contributed by atoms with Gasteiger partial charge in [-0.1, -0.05) is 12.1 Å². The second-order valence-electron chi connectivity index (χ2n) is 3.07. The molecule has 0 aliphatic rings.